The molecule has 0 spiro atoms. The molecule has 1 aliphatic heterocycles. The van der Waals surface area contributed by atoms with E-state index in [2.05, 4.69) is 0 Å². The first-order valence-corrected chi connectivity index (χ1v) is 6.12. The second-order valence-corrected chi connectivity index (χ2v) is 4.66. The van der Waals surface area contributed by atoms with E-state index in [1.165, 1.54) is 12.5 Å². The van der Waals surface area contributed by atoms with Crippen molar-refractivity contribution in [1.29, 1.82) is 0 Å². The predicted octanol–water partition coefficient (Wildman–Crippen LogP) is 2.31. The standard InChI is InChI=1S/C13H19NO3/c1-10(2)14(12-4-7-16-8-5-12)13(15)11-3-6-17-9-11/h3,6,9-10,12H,4-5,7-8H2,1-2H3. The van der Waals surface area contributed by atoms with Crippen molar-refractivity contribution in [2.24, 2.45) is 0 Å². The van der Waals surface area contributed by atoms with Crippen LogP contribution >= 0.6 is 0 Å². The van der Waals surface area contributed by atoms with Crippen LogP contribution in [0, 0.1) is 0 Å². The first-order chi connectivity index (χ1) is 8.20. The van der Waals surface area contributed by atoms with Crippen LogP contribution in [0.1, 0.15) is 37.0 Å². The van der Waals surface area contributed by atoms with Crippen LogP contribution in [0.5, 0.6) is 0 Å². The molecular weight excluding hydrogens is 218 g/mol. The van der Waals surface area contributed by atoms with Gasteiger partial charge in [-0.05, 0) is 32.8 Å². The van der Waals surface area contributed by atoms with Gasteiger partial charge >= 0.3 is 0 Å². The highest BCUT2D eigenvalue weighted by Crippen LogP contribution is 2.20. The summed E-state index contributed by atoms with van der Waals surface area (Å²) in [5.41, 5.74) is 0.630. The first-order valence-electron chi connectivity index (χ1n) is 6.12. The molecule has 1 amide bonds. The van der Waals surface area contributed by atoms with Gasteiger partial charge in [0.15, 0.2) is 0 Å². The summed E-state index contributed by atoms with van der Waals surface area (Å²) in [5, 5.41) is 0. The minimum atomic E-state index is 0.0562. The van der Waals surface area contributed by atoms with Gasteiger partial charge in [0, 0.05) is 25.3 Å². The molecule has 0 atom stereocenters. The van der Waals surface area contributed by atoms with E-state index in [-0.39, 0.29) is 18.0 Å². The molecule has 0 radical (unpaired) electrons. The van der Waals surface area contributed by atoms with E-state index in [1.54, 1.807) is 6.07 Å². The molecule has 0 saturated carbocycles. The average molecular weight is 237 g/mol. The second kappa shape index (κ2) is 5.36. The number of hydrogen-bond donors (Lipinski definition) is 0. The maximum atomic E-state index is 12.4. The molecule has 1 aromatic rings. The molecule has 0 N–H and O–H groups in total. The zero-order chi connectivity index (χ0) is 12.3. The highest BCUT2D eigenvalue weighted by molar-refractivity contribution is 5.94. The zero-order valence-corrected chi connectivity index (χ0v) is 10.4. The first kappa shape index (κ1) is 12.2. The van der Waals surface area contributed by atoms with Gasteiger partial charge in [0.2, 0.25) is 0 Å². The number of ether oxygens (including phenoxy) is 1. The van der Waals surface area contributed by atoms with E-state index >= 15 is 0 Å². The van der Waals surface area contributed by atoms with Gasteiger partial charge < -0.3 is 14.1 Å². The Hall–Kier alpha value is -1.29. The fraction of sp³-hybridized carbons (Fsp3) is 0.615. The third-order valence-corrected chi connectivity index (χ3v) is 3.14. The van der Waals surface area contributed by atoms with Gasteiger partial charge in [0.1, 0.15) is 6.26 Å². The van der Waals surface area contributed by atoms with E-state index in [4.69, 9.17) is 9.15 Å². The van der Waals surface area contributed by atoms with Crippen molar-refractivity contribution in [3.05, 3.63) is 24.2 Å². The molecule has 0 aliphatic carbocycles. The van der Waals surface area contributed by atoms with E-state index in [9.17, 15) is 4.79 Å². The molecule has 0 aromatic carbocycles. The van der Waals surface area contributed by atoms with Crippen LogP contribution in [-0.4, -0.2) is 36.1 Å². The highest BCUT2D eigenvalue weighted by Gasteiger charge is 2.28. The maximum Gasteiger partial charge on any atom is 0.257 e. The number of carbonyl (C=O) groups is 1. The van der Waals surface area contributed by atoms with Crippen molar-refractivity contribution >= 4 is 5.91 Å². The van der Waals surface area contributed by atoms with E-state index in [0.717, 1.165) is 26.1 Å². The normalized spacial score (nSPS) is 17.4. The van der Waals surface area contributed by atoms with E-state index in [1.807, 2.05) is 18.7 Å². The van der Waals surface area contributed by atoms with Gasteiger partial charge in [-0.15, -0.1) is 0 Å². The summed E-state index contributed by atoms with van der Waals surface area (Å²) >= 11 is 0. The Balaban J connectivity index is 2.14. The molecule has 17 heavy (non-hydrogen) atoms. The van der Waals surface area contributed by atoms with Crippen molar-refractivity contribution in [1.82, 2.24) is 4.90 Å². The third-order valence-electron chi connectivity index (χ3n) is 3.14. The van der Waals surface area contributed by atoms with Crippen LogP contribution in [-0.2, 0) is 4.74 Å². The van der Waals surface area contributed by atoms with Gasteiger partial charge in [-0.25, -0.2) is 0 Å². The summed E-state index contributed by atoms with van der Waals surface area (Å²) in [7, 11) is 0. The summed E-state index contributed by atoms with van der Waals surface area (Å²) in [5.74, 6) is 0.0562. The number of carbonyl (C=O) groups excluding carboxylic acids is 1. The van der Waals surface area contributed by atoms with E-state index in [0.29, 0.717) is 5.56 Å². The molecule has 2 heterocycles. The summed E-state index contributed by atoms with van der Waals surface area (Å²) in [4.78, 5) is 14.3. The summed E-state index contributed by atoms with van der Waals surface area (Å²) < 4.78 is 10.3. The van der Waals surface area contributed by atoms with Gasteiger partial charge in [0.05, 0.1) is 11.8 Å². The van der Waals surface area contributed by atoms with Gasteiger partial charge in [0.25, 0.3) is 5.91 Å². The molecular formula is C13H19NO3. The van der Waals surface area contributed by atoms with E-state index < -0.39 is 0 Å². The SMILES string of the molecule is CC(C)N(C(=O)c1ccoc1)C1CCOCC1. The molecule has 1 fully saturated rings. The monoisotopic (exact) mass is 237 g/mol. The third kappa shape index (κ3) is 2.69. The van der Waals surface area contributed by atoms with Gasteiger partial charge in [-0.2, -0.15) is 0 Å². The number of hydrogen-bond acceptors (Lipinski definition) is 3. The Morgan fingerprint density at radius 2 is 2.12 bits per heavy atom. The summed E-state index contributed by atoms with van der Waals surface area (Å²) in [6.45, 7) is 5.58. The minimum absolute atomic E-state index is 0.0562. The molecule has 2 rings (SSSR count). The minimum Gasteiger partial charge on any atom is -0.472 e. The number of rotatable bonds is 3. The number of furan rings is 1. The molecule has 1 aromatic heterocycles. The quantitative estimate of drug-likeness (QED) is 0.810. The van der Waals surface area contributed by atoms with Crippen molar-refractivity contribution in [3.63, 3.8) is 0 Å². The van der Waals surface area contributed by atoms with Crippen LogP contribution in [0.3, 0.4) is 0 Å². The topological polar surface area (TPSA) is 42.7 Å². The van der Waals surface area contributed by atoms with Crippen molar-refractivity contribution in [2.45, 2.75) is 38.8 Å². The largest absolute Gasteiger partial charge is 0.472 e. The molecule has 1 saturated heterocycles. The van der Waals surface area contributed by atoms with Crippen LogP contribution in [0.4, 0.5) is 0 Å². The van der Waals surface area contributed by atoms with Crippen LogP contribution in [0.15, 0.2) is 23.0 Å². The number of nitrogens with zero attached hydrogens (tertiary/aromatic N) is 1. The fourth-order valence-electron chi connectivity index (χ4n) is 2.32. The lowest BCUT2D eigenvalue weighted by molar-refractivity contribution is 0.0205. The Morgan fingerprint density at radius 3 is 2.65 bits per heavy atom. The van der Waals surface area contributed by atoms with Crippen molar-refractivity contribution in [3.8, 4) is 0 Å². The number of amides is 1. The lowest BCUT2D eigenvalue weighted by Gasteiger charge is -2.37. The lowest BCUT2D eigenvalue weighted by Crippen LogP contribution is -2.47. The summed E-state index contributed by atoms with van der Waals surface area (Å²) in [6.07, 6.45) is 4.89. The van der Waals surface area contributed by atoms with Gasteiger partial charge in [-0.1, -0.05) is 0 Å². The Kier molecular flexibility index (Phi) is 3.84. The van der Waals surface area contributed by atoms with Crippen molar-refractivity contribution in [2.75, 3.05) is 13.2 Å². The molecule has 4 nitrogen and oxygen atoms in total. The Labute approximate surface area is 102 Å². The fourth-order valence-corrected chi connectivity index (χ4v) is 2.32. The predicted molar refractivity (Wildman–Crippen MR) is 63.9 cm³/mol. The molecule has 94 valence electrons. The molecule has 0 unspecified atom stereocenters. The van der Waals surface area contributed by atoms with Gasteiger partial charge in [-0.3, -0.25) is 4.79 Å². The van der Waals surface area contributed by atoms with Crippen molar-refractivity contribution < 1.29 is 13.9 Å². The molecule has 1 aliphatic rings. The average Bonchev–Trinajstić information content (AvgIpc) is 2.83. The molecule has 4 heteroatoms. The zero-order valence-electron chi connectivity index (χ0n) is 10.4. The lowest BCUT2D eigenvalue weighted by atomic mass is 10.0. The maximum absolute atomic E-state index is 12.4. The second-order valence-electron chi connectivity index (χ2n) is 4.66. The smallest absolute Gasteiger partial charge is 0.257 e. The summed E-state index contributed by atoms with van der Waals surface area (Å²) in [6, 6.07) is 2.20. The highest BCUT2D eigenvalue weighted by atomic mass is 16.5. The van der Waals surface area contributed by atoms with Crippen LogP contribution in [0.25, 0.3) is 0 Å². The Morgan fingerprint density at radius 1 is 1.41 bits per heavy atom. The van der Waals surface area contributed by atoms with Crippen LogP contribution < -0.4 is 0 Å². The Bertz CT molecular complexity index is 353. The molecule has 0 bridgehead atoms. The van der Waals surface area contributed by atoms with Crippen LogP contribution in [0.2, 0.25) is 0 Å².